The maximum absolute atomic E-state index is 3.71. The minimum absolute atomic E-state index is 0.686. The standard InChI is InChI=1S/C11H21N/c1-9-3-4-10(7-9)12-8-11(2)5-6-11/h9-10,12H,3-8H2,1-2H3. The molecule has 2 atom stereocenters. The Hall–Kier alpha value is -0.0400. The van der Waals surface area contributed by atoms with E-state index in [1.54, 1.807) is 0 Å². The molecule has 0 radical (unpaired) electrons. The Morgan fingerprint density at radius 3 is 2.58 bits per heavy atom. The highest BCUT2D eigenvalue weighted by Gasteiger charge is 2.37. The van der Waals surface area contributed by atoms with E-state index in [1.807, 2.05) is 0 Å². The van der Waals surface area contributed by atoms with Crippen molar-refractivity contribution in [3.63, 3.8) is 0 Å². The molecule has 2 aliphatic rings. The lowest BCUT2D eigenvalue weighted by Crippen LogP contribution is -2.31. The average Bonchev–Trinajstić information content (AvgIpc) is 2.60. The van der Waals surface area contributed by atoms with Crippen LogP contribution in [0.4, 0.5) is 0 Å². The van der Waals surface area contributed by atoms with Crippen LogP contribution >= 0.6 is 0 Å². The van der Waals surface area contributed by atoms with Crippen LogP contribution < -0.4 is 5.32 Å². The molecule has 0 heterocycles. The van der Waals surface area contributed by atoms with Gasteiger partial charge in [-0.2, -0.15) is 0 Å². The molecular formula is C11H21N. The van der Waals surface area contributed by atoms with Gasteiger partial charge in [0.1, 0.15) is 0 Å². The highest BCUT2D eigenvalue weighted by Crippen LogP contribution is 2.44. The van der Waals surface area contributed by atoms with Crippen LogP contribution in [0.15, 0.2) is 0 Å². The molecule has 0 amide bonds. The van der Waals surface area contributed by atoms with Crippen LogP contribution in [0.2, 0.25) is 0 Å². The lowest BCUT2D eigenvalue weighted by Gasteiger charge is -2.15. The van der Waals surface area contributed by atoms with E-state index in [-0.39, 0.29) is 0 Å². The van der Waals surface area contributed by atoms with Crippen LogP contribution in [0.1, 0.15) is 46.0 Å². The molecule has 1 heteroatoms. The lowest BCUT2D eigenvalue weighted by molar-refractivity contribution is 0.429. The zero-order chi connectivity index (χ0) is 8.60. The summed E-state index contributed by atoms with van der Waals surface area (Å²) >= 11 is 0. The van der Waals surface area contributed by atoms with E-state index in [4.69, 9.17) is 0 Å². The summed E-state index contributed by atoms with van der Waals surface area (Å²) in [4.78, 5) is 0. The second-order valence-corrected chi connectivity index (χ2v) is 5.31. The van der Waals surface area contributed by atoms with Crippen molar-refractivity contribution in [3.8, 4) is 0 Å². The topological polar surface area (TPSA) is 12.0 Å². The van der Waals surface area contributed by atoms with Crippen LogP contribution in [-0.4, -0.2) is 12.6 Å². The molecule has 2 unspecified atom stereocenters. The Kier molecular flexibility index (Phi) is 2.16. The minimum atomic E-state index is 0.686. The molecule has 0 saturated heterocycles. The van der Waals surface area contributed by atoms with Gasteiger partial charge in [0.15, 0.2) is 0 Å². The minimum Gasteiger partial charge on any atom is -0.313 e. The molecule has 0 aliphatic heterocycles. The molecule has 2 aliphatic carbocycles. The Bertz CT molecular complexity index is 160. The van der Waals surface area contributed by atoms with Crippen molar-refractivity contribution in [2.75, 3.05) is 6.54 Å². The van der Waals surface area contributed by atoms with Crippen LogP contribution in [0, 0.1) is 11.3 Å². The zero-order valence-electron chi connectivity index (χ0n) is 8.40. The average molecular weight is 167 g/mol. The third kappa shape index (κ3) is 2.01. The molecule has 2 fully saturated rings. The van der Waals surface area contributed by atoms with E-state index in [9.17, 15) is 0 Å². The van der Waals surface area contributed by atoms with Crippen molar-refractivity contribution in [2.45, 2.75) is 52.0 Å². The van der Waals surface area contributed by atoms with Gasteiger partial charge in [0.05, 0.1) is 0 Å². The predicted octanol–water partition coefficient (Wildman–Crippen LogP) is 2.56. The summed E-state index contributed by atoms with van der Waals surface area (Å²) in [6.45, 7) is 6.04. The fourth-order valence-corrected chi connectivity index (χ4v) is 2.17. The van der Waals surface area contributed by atoms with Gasteiger partial charge in [0.2, 0.25) is 0 Å². The quantitative estimate of drug-likeness (QED) is 0.681. The third-order valence-corrected chi connectivity index (χ3v) is 3.62. The highest BCUT2D eigenvalue weighted by atomic mass is 14.9. The first-order valence-electron chi connectivity index (χ1n) is 5.41. The molecule has 0 spiro atoms. The summed E-state index contributed by atoms with van der Waals surface area (Å²) in [5.74, 6) is 0.967. The van der Waals surface area contributed by atoms with Crippen molar-refractivity contribution in [1.29, 1.82) is 0 Å². The smallest absolute Gasteiger partial charge is 0.00699 e. The van der Waals surface area contributed by atoms with Gasteiger partial charge in [-0.3, -0.25) is 0 Å². The largest absolute Gasteiger partial charge is 0.313 e. The van der Waals surface area contributed by atoms with Crippen LogP contribution in [0.25, 0.3) is 0 Å². The fraction of sp³-hybridized carbons (Fsp3) is 1.00. The SMILES string of the molecule is CC1CCC(NCC2(C)CC2)C1. The van der Waals surface area contributed by atoms with Crippen molar-refractivity contribution in [2.24, 2.45) is 11.3 Å². The maximum atomic E-state index is 3.71. The summed E-state index contributed by atoms with van der Waals surface area (Å²) in [7, 11) is 0. The van der Waals surface area contributed by atoms with E-state index in [0.29, 0.717) is 5.41 Å². The molecule has 0 aromatic heterocycles. The van der Waals surface area contributed by atoms with E-state index >= 15 is 0 Å². The first kappa shape index (κ1) is 8.55. The molecule has 12 heavy (non-hydrogen) atoms. The Morgan fingerprint density at radius 1 is 1.33 bits per heavy atom. The van der Waals surface area contributed by atoms with Gasteiger partial charge in [-0.1, -0.05) is 13.8 Å². The molecule has 2 rings (SSSR count). The van der Waals surface area contributed by atoms with Gasteiger partial charge < -0.3 is 5.32 Å². The number of hydrogen-bond acceptors (Lipinski definition) is 1. The van der Waals surface area contributed by atoms with Gasteiger partial charge in [-0.15, -0.1) is 0 Å². The third-order valence-electron chi connectivity index (χ3n) is 3.62. The molecule has 0 aromatic rings. The molecular weight excluding hydrogens is 146 g/mol. The van der Waals surface area contributed by atoms with Crippen molar-refractivity contribution in [3.05, 3.63) is 0 Å². The fourth-order valence-electron chi connectivity index (χ4n) is 2.17. The molecule has 0 bridgehead atoms. The van der Waals surface area contributed by atoms with E-state index in [0.717, 1.165) is 12.0 Å². The van der Waals surface area contributed by atoms with Crippen molar-refractivity contribution >= 4 is 0 Å². The van der Waals surface area contributed by atoms with Gasteiger partial charge in [0.25, 0.3) is 0 Å². The monoisotopic (exact) mass is 167 g/mol. The Balaban J connectivity index is 1.67. The van der Waals surface area contributed by atoms with E-state index in [1.165, 1.54) is 38.6 Å². The normalized spacial score (nSPS) is 38.5. The molecule has 0 aromatic carbocycles. The Labute approximate surface area is 75.9 Å². The van der Waals surface area contributed by atoms with Gasteiger partial charge in [-0.05, 0) is 43.4 Å². The first-order valence-corrected chi connectivity index (χ1v) is 5.41. The zero-order valence-corrected chi connectivity index (χ0v) is 8.40. The number of hydrogen-bond donors (Lipinski definition) is 1. The summed E-state index contributed by atoms with van der Waals surface area (Å²) in [5.41, 5.74) is 0.686. The van der Waals surface area contributed by atoms with Gasteiger partial charge in [-0.25, -0.2) is 0 Å². The van der Waals surface area contributed by atoms with Crippen LogP contribution in [0.5, 0.6) is 0 Å². The van der Waals surface area contributed by atoms with Gasteiger partial charge >= 0.3 is 0 Å². The van der Waals surface area contributed by atoms with E-state index in [2.05, 4.69) is 19.2 Å². The number of rotatable bonds is 3. The summed E-state index contributed by atoms with van der Waals surface area (Å²) in [6.07, 6.45) is 7.16. The van der Waals surface area contributed by atoms with Crippen LogP contribution in [0.3, 0.4) is 0 Å². The summed E-state index contributed by atoms with van der Waals surface area (Å²) < 4.78 is 0. The first-order chi connectivity index (χ1) is 5.68. The maximum Gasteiger partial charge on any atom is 0.00699 e. The summed E-state index contributed by atoms with van der Waals surface area (Å²) in [6, 6.07) is 0.845. The predicted molar refractivity (Wildman–Crippen MR) is 52.1 cm³/mol. The second kappa shape index (κ2) is 3.02. The molecule has 2 saturated carbocycles. The lowest BCUT2D eigenvalue weighted by atomic mass is 10.1. The van der Waals surface area contributed by atoms with Gasteiger partial charge in [0, 0.05) is 12.6 Å². The van der Waals surface area contributed by atoms with Crippen molar-refractivity contribution in [1.82, 2.24) is 5.32 Å². The Morgan fingerprint density at radius 2 is 2.08 bits per heavy atom. The molecule has 1 N–H and O–H groups in total. The molecule has 1 nitrogen and oxygen atoms in total. The summed E-state index contributed by atoms with van der Waals surface area (Å²) in [5, 5.41) is 3.71. The highest BCUT2D eigenvalue weighted by molar-refractivity contribution is 4.92. The molecule has 70 valence electrons. The second-order valence-electron chi connectivity index (χ2n) is 5.31. The van der Waals surface area contributed by atoms with Crippen molar-refractivity contribution < 1.29 is 0 Å². The van der Waals surface area contributed by atoms with Crippen LogP contribution in [-0.2, 0) is 0 Å². The van der Waals surface area contributed by atoms with E-state index < -0.39 is 0 Å². The number of nitrogens with one attached hydrogen (secondary N) is 1.